The Balaban J connectivity index is 2.56. The Morgan fingerprint density at radius 3 is 2.29 bits per heavy atom. The van der Waals surface area contributed by atoms with Crippen LogP contribution in [0, 0.1) is 17.0 Å². The molecular weight excluding hydrogens is 222 g/mol. The van der Waals surface area contributed by atoms with E-state index in [0.29, 0.717) is 5.56 Å². The van der Waals surface area contributed by atoms with Gasteiger partial charge in [0.2, 0.25) is 0 Å². The highest BCUT2D eigenvalue weighted by molar-refractivity contribution is 6.23. The molecule has 0 fully saturated rings. The first-order chi connectivity index (χ1) is 8.00. The van der Waals surface area contributed by atoms with E-state index in [1.54, 1.807) is 13.0 Å². The Morgan fingerprint density at radius 1 is 1.18 bits per heavy atom. The summed E-state index contributed by atoms with van der Waals surface area (Å²) in [6.07, 6.45) is 2.33. The van der Waals surface area contributed by atoms with Crippen molar-refractivity contribution in [3.63, 3.8) is 0 Å². The molecule has 17 heavy (non-hydrogen) atoms. The van der Waals surface area contributed by atoms with Gasteiger partial charge in [-0.1, -0.05) is 12.1 Å². The molecule has 1 aromatic rings. The number of carbonyl (C=O) groups excluding carboxylic acids is 2. The molecule has 0 aliphatic heterocycles. The lowest BCUT2D eigenvalue weighted by Gasteiger charge is -2.08. The van der Waals surface area contributed by atoms with Gasteiger partial charge < -0.3 is 0 Å². The molecule has 0 atom stereocenters. The zero-order valence-corrected chi connectivity index (χ0v) is 9.04. The summed E-state index contributed by atoms with van der Waals surface area (Å²) in [7, 11) is 0. The lowest BCUT2D eigenvalue weighted by Crippen LogP contribution is -2.14. The molecule has 5 heteroatoms. The van der Waals surface area contributed by atoms with Gasteiger partial charge in [-0.05, 0) is 24.6 Å². The minimum Gasteiger partial charge on any atom is -0.294 e. The molecule has 0 radical (unpaired) electrons. The minimum atomic E-state index is -1.05. The first kappa shape index (κ1) is 11.2. The summed E-state index contributed by atoms with van der Waals surface area (Å²) >= 11 is 0. The zero-order chi connectivity index (χ0) is 12.6. The number of allylic oxidation sites excluding steroid dienone is 2. The lowest BCUT2D eigenvalue weighted by atomic mass is 9.93. The third kappa shape index (κ3) is 1.87. The van der Waals surface area contributed by atoms with Gasteiger partial charge in [-0.3, -0.25) is 19.7 Å². The van der Waals surface area contributed by atoms with E-state index in [1.807, 2.05) is 0 Å². The summed E-state index contributed by atoms with van der Waals surface area (Å²) < 4.78 is 0. The molecule has 0 bridgehead atoms. The second-order valence-corrected chi connectivity index (χ2v) is 3.89. The Morgan fingerprint density at radius 2 is 1.76 bits per heavy atom. The Kier molecular flexibility index (Phi) is 2.59. The zero-order valence-electron chi connectivity index (χ0n) is 9.04. The van der Waals surface area contributed by atoms with Gasteiger partial charge in [-0.15, -0.1) is 0 Å². The summed E-state index contributed by atoms with van der Waals surface area (Å²) in [6, 6.07) is 4.50. The Bertz CT molecular complexity index is 542. The van der Waals surface area contributed by atoms with Crippen LogP contribution >= 0.6 is 0 Å². The normalized spacial score (nSPS) is 15.6. The van der Waals surface area contributed by atoms with E-state index in [1.165, 1.54) is 12.1 Å². The predicted octanol–water partition coefficient (Wildman–Crippen LogP) is 1.69. The second kappa shape index (κ2) is 3.93. The molecular formula is C12H9NO4. The first-order valence-electron chi connectivity index (χ1n) is 5.01. The van der Waals surface area contributed by atoms with Crippen LogP contribution in [-0.4, -0.2) is 16.5 Å². The van der Waals surface area contributed by atoms with Crippen LogP contribution in [0.15, 0.2) is 30.4 Å². The highest BCUT2D eigenvalue weighted by Gasteiger charge is 2.34. The quantitative estimate of drug-likeness (QED) is 0.441. The molecule has 0 unspecified atom stereocenters. The second-order valence-electron chi connectivity index (χ2n) is 3.89. The monoisotopic (exact) mass is 231 g/mol. The standard InChI is InChI=1S/C12H9NO4/c1-7-2-3-8(9(6-7)13(16)17)12-10(14)4-5-11(12)15/h2-6,12H,1H3. The molecule has 5 nitrogen and oxygen atoms in total. The van der Waals surface area contributed by atoms with E-state index in [0.717, 1.165) is 12.2 Å². The minimum absolute atomic E-state index is 0.167. The number of aryl methyl sites for hydroxylation is 1. The lowest BCUT2D eigenvalue weighted by molar-refractivity contribution is -0.385. The van der Waals surface area contributed by atoms with Gasteiger partial charge in [0.15, 0.2) is 11.6 Å². The van der Waals surface area contributed by atoms with Gasteiger partial charge in [-0.25, -0.2) is 0 Å². The summed E-state index contributed by atoms with van der Waals surface area (Å²) in [5.41, 5.74) is 0.701. The highest BCUT2D eigenvalue weighted by Crippen LogP contribution is 2.31. The van der Waals surface area contributed by atoms with Crippen molar-refractivity contribution in [2.75, 3.05) is 0 Å². The fourth-order valence-electron chi connectivity index (χ4n) is 1.86. The van der Waals surface area contributed by atoms with Crippen molar-refractivity contribution in [1.82, 2.24) is 0 Å². The van der Waals surface area contributed by atoms with Crippen molar-refractivity contribution in [2.45, 2.75) is 12.8 Å². The molecule has 0 saturated heterocycles. The predicted molar refractivity (Wildman–Crippen MR) is 59.7 cm³/mol. The van der Waals surface area contributed by atoms with Gasteiger partial charge in [0.25, 0.3) is 5.69 Å². The van der Waals surface area contributed by atoms with E-state index in [2.05, 4.69) is 0 Å². The van der Waals surface area contributed by atoms with E-state index in [-0.39, 0.29) is 11.3 Å². The molecule has 1 aromatic carbocycles. The van der Waals surface area contributed by atoms with Crippen LogP contribution in [0.5, 0.6) is 0 Å². The largest absolute Gasteiger partial charge is 0.294 e. The van der Waals surface area contributed by atoms with Crippen molar-refractivity contribution in [3.8, 4) is 0 Å². The molecule has 0 heterocycles. The van der Waals surface area contributed by atoms with Crippen LogP contribution in [0.25, 0.3) is 0 Å². The molecule has 1 aliphatic rings. The van der Waals surface area contributed by atoms with Crippen LogP contribution in [0.2, 0.25) is 0 Å². The molecule has 0 saturated carbocycles. The number of nitrogens with zero attached hydrogens (tertiary/aromatic N) is 1. The van der Waals surface area contributed by atoms with Crippen LogP contribution in [0.1, 0.15) is 17.0 Å². The van der Waals surface area contributed by atoms with Gasteiger partial charge in [0.1, 0.15) is 5.92 Å². The average Bonchev–Trinajstić information content (AvgIpc) is 2.59. The van der Waals surface area contributed by atoms with Gasteiger partial charge >= 0.3 is 0 Å². The van der Waals surface area contributed by atoms with Gasteiger partial charge in [0, 0.05) is 11.6 Å². The summed E-state index contributed by atoms with van der Waals surface area (Å²) in [6.45, 7) is 1.72. The summed E-state index contributed by atoms with van der Waals surface area (Å²) in [5.74, 6) is -1.85. The fourth-order valence-corrected chi connectivity index (χ4v) is 1.86. The van der Waals surface area contributed by atoms with Crippen molar-refractivity contribution in [3.05, 3.63) is 51.6 Å². The number of hydrogen-bond donors (Lipinski definition) is 0. The van der Waals surface area contributed by atoms with Crippen molar-refractivity contribution < 1.29 is 14.5 Å². The van der Waals surface area contributed by atoms with Crippen molar-refractivity contribution in [1.29, 1.82) is 0 Å². The molecule has 1 aliphatic carbocycles. The van der Waals surface area contributed by atoms with E-state index in [9.17, 15) is 19.7 Å². The smallest absolute Gasteiger partial charge is 0.274 e. The molecule has 0 amide bonds. The number of nitro groups is 1. The van der Waals surface area contributed by atoms with Gasteiger partial charge in [-0.2, -0.15) is 0 Å². The number of rotatable bonds is 2. The average molecular weight is 231 g/mol. The van der Waals surface area contributed by atoms with Crippen LogP contribution < -0.4 is 0 Å². The maximum Gasteiger partial charge on any atom is 0.274 e. The number of carbonyl (C=O) groups is 2. The number of benzene rings is 1. The maximum atomic E-state index is 11.5. The van der Waals surface area contributed by atoms with Crippen LogP contribution in [0.4, 0.5) is 5.69 Å². The summed E-state index contributed by atoms with van der Waals surface area (Å²) in [5, 5.41) is 10.9. The molecule has 0 aromatic heterocycles. The van der Waals surface area contributed by atoms with Crippen molar-refractivity contribution >= 4 is 17.3 Å². The van der Waals surface area contributed by atoms with Gasteiger partial charge in [0.05, 0.1) is 4.92 Å². The van der Waals surface area contributed by atoms with Crippen molar-refractivity contribution in [2.24, 2.45) is 0 Å². The molecule has 0 N–H and O–H groups in total. The number of nitro benzene ring substituents is 1. The van der Waals surface area contributed by atoms with E-state index < -0.39 is 22.4 Å². The third-order valence-electron chi connectivity index (χ3n) is 2.67. The van der Waals surface area contributed by atoms with Crippen LogP contribution in [-0.2, 0) is 9.59 Å². The van der Waals surface area contributed by atoms with Crippen LogP contribution in [0.3, 0.4) is 0 Å². The topological polar surface area (TPSA) is 77.3 Å². The SMILES string of the molecule is Cc1ccc(C2C(=O)C=CC2=O)c([N+](=O)[O-])c1. The Hall–Kier alpha value is -2.30. The Labute approximate surface area is 96.9 Å². The summed E-state index contributed by atoms with van der Waals surface area (Å²) in [4.78, 5) is 33.4. The highest BCUT2D eigenvalue weighted by atomic mass is 16.6. The van der Waals surface area contributed by atoms with E-state index in [4.69, 9.17) is 0 Å². The maximum absolute atomic E-state index is 11.5. The number of ketones is 2. The molecule has 2 rings (SSSR count). The molecule has 0 spiro atoms. The third-order valence-corrected chi connectivity index (χ3v) is 2.67. The fraction of sp³-hybridized carbons (Fsp3) is 0.167. The number of hydrogen-bond acceptors (Lipinski definition) is 4. The molecule has 86 valence electrons. The first-order valence-corrected chi connectivity index (χ1v) is 5.01. The van der Waals surface area contributed by atoms with E-state index >= 15 is 0 Å².